The number of benzene rings is 4. The third kappa shape index (κ3) is 5.00. The summed E-state index contributed by atoms with van der Waals surface area (Å²) in [5.74, 6) is -2.48. The normalized spacial score (nSPS) is 19.3. The van der Waals surface area contributed by atoms with Gasteiger partial charge in [-0.3, -0.25) is 19.2 Å². The molecular weight excluding hydrogens is 590 g/mol. The summed E-state index contributed by atoms with van der Waals surface area (Å²) < 4.78 is 19.3. The van der Waals surface area contributed by atoms with Gasteiger partial charge in [0.25, 0.3) is 5.91 Å². The molecule has 3 atom stereocenters. The summed E-state index contributed by atoms with van der Waals surface area (Å²) in [6.07, 6.45) is 0. The minimum atomic E-state index is -0.763. The van der Waals surface area contributed by atoms with Gasteiger partial charge in [0.05, 0.1) is 16.6 Å². The summed E-state index contributed by atoms with van der Waals surface area (Å²) in [5, 5.41) is 4.74. The van der Waals surface area contributed by atoms with Crippen LogP contribution in [0, 0.1) is 11.7 Å². The number of nitrogens with one attached hydrogen (secondary N) is 2. The quantitative estimate of drug-likeness (QED) is 0.244. The molecular formula is C32H22FN3O5S2. The fourth-order valence-corrected chi connectivity index (χ4v) is 8.12. The van der Waals surface area contributed by atoms with Crippen LogP contribution in [0.15, 0.2) is 101 Å². The lowest BCUT2D eigenvalue weighted by molar-refractivity contribution is -0.122. The topological polar surface area (TPSA) is 109 Å². The van der Waals surface area contributed by atoms with Crippen LogP contribution in [0.5, 0.6) is 5.75 Å². The highest BCUT2D eigenvalue weighted by molar-refractivity contribution is 8.00. The lowest BCUT2D eigenvalue weighted by Gasteiger charge is -2.29. The molecule has 11 heteroatoms. The largest absolute Gasteiger partial charge is 0.484 e. The number of carbonyl (C=O) groups excluding carboxylic acids is 3. The number of H-pyrrole nitrogens is 1. The van der Waals surface area contributed by atoms with Gasteiger partial charge in [-0.15, -0.1) is 0 Å². The Labute approximate surface area is 252 Å². The SMILES string of the molecule is O=C(COc1ccc(C2c3sc(=O)[nH]c3SC3C(=O)N(c4ccc(F)cc4)C(=O)C32)cc1)Nc1ccc2ccccc2c1. The van der Waals surface area contributed by atoms with Gasteiger partial charge in [-0.1, -0.05) is 65.6 Å². The van der Waals surface area contributed by atoms with E-state index < -0.39 is 34.7 Å². The van der Waals surface area contributed by atoms with Crippen molar-refractivity contribution in [1.29, 1.82) is 0 Å². The molecule has 2 N–H and O–H groups in total. The fraction of sp³-hybridized carbons (Fsp3) is 0.125. The van der Waals surface area contributed by atoms with E-state index in [-0.39, 0.29) is 17.4 Å². The van der Waals surface area contributed by atoms with E-state index in [4.69, 9.17) is 4.74 Å². The summed E-state index contributed by atoms with van der Waals surface area (Å²) in [6, 6.07) is 25.7. The van der Waals surface area contributed by atoms with Gasteiger partial charge in [-0.25, -0.2) is 9.29 Å². The van der Waals surface area contributed by atoms with Crippen molar-refractivity contribution in [2.45, 2.75) is 16.2 Å². The van der Waals surface area contributed by atoms with Gasteiger partial charge in [0.1, 0.15) is 16.8 Å². The van der Waals surface area contributed by atoms with Gasteiger partial charge in [0.2, 0.25) is 11.8 Å². The van der Waals surface area contributed by atoms with Crippen LogP contribution in [0.2, 0.25) is 0 Å². The molecule has 4 aromatic carbocycles. The number of amides is 3. The molecule has 3 heterocycles. The van der Waals surface area contributed by atoms with E-state index >= 15 is 0 Å². The van der Waals surface area contributed by atoms with Crippen LogP contribution >= 0.6 is 23.1 Å². The molecule has 43 heavy (non-hydrogen) atoms. The molecule has 0 spiro atoms. The maximum Gasteiger partial charge on any atom is 0.305 e. The Morgan fingerprint density at radius 1 is 0.907 bits per heavy atom. The van der Waals surface area contributed by atoms with E-state index in [0.717, 1.165) is 32.6 Å². The number of imide groups is 1. The maximum atomic E-state index is 13.7. The van der Waals surface area contributed by atoms with Gasteiger partial charge in [-0.05, 0) is 64.9 Å². The average molecular weight is 612 g/mol. The Bertz CT molecular complexity index is 1950. The number of ether oxygens (including phenoxy) is 1. The highest BCUT2D eigenvalue weighted by Gasteiger charge is 2.56. The summed E-state index contributed by atoms with van der Waals surface area (Å²) in [7, 11) is 0. The van der Waals surface area contributed by atoms with E-state index in [1.165, 1.54) is 36.0 Å². The van der Waals surface area contributed by atoms with Gasteiger partial charge in [0, 0.05) is 16.5 Å². The highest BCUT2D eigenvalue weighted by atomic mass is 32.2. The number of rotatable bonds is 6. The molecule has 3 amide bonds. The lowest BCUT2D eigenvalue weighted by Crippen LogP contribution is -2.32. The van der Waals surface area contributed by atoms with Crippen molar-refractivity contribution in [2.24, 2.45) is 5.92 Å². The molecule has 7 rings (SSSR count). The van der Waals surface area contributed by atoms with E-state index in [9.17, 15) is 23.6 Å². The number of nitrogens with zero attached hydrogens (tertiary/aromatic N) is 1. The highest BCUT2D eigenvalue weighted by Crippen LogP contribution is 2.53. The molecule has 1 aromatic heterocycles. The first-order valence-electron chi connectivity index (χ1n) is 13.4. The van der Waals surface area contributed by atoms with Crippen molar-refractivity contribution in [3.8, 4) is 5.75 Å². The van der Waals surface area contributed by atoms with Crippen molar-refractivity contribution in [3.63, 3.8) is 0 Å². The van der Waals surface area contributed by atoms with E-state index in [1.807, 2.05) is 42.5 Å². The van der Waals surface area contributed by atoms with Crippen molar-refractivity contribution >= 4 is 63.0 Å². The Morgan fingerprint density at radius 2 is 1.65 bits per heavy atom. The predicted octanol–water partition coefficient (Wildman–Crippen LogP) is 5.54. The van der Waals surface area contributed by atoms with Crippen LogP contribution in [0.25, 0.3) is 10.8 Å². The number of carbonyl (C=O) groups is 3. The molecule has 3 unspecified atom stereocenters. The number of aromatic nitrogens is 1. The average Bonchev–Trinajstić information content (AvgIpc) is 3.51. The third-order valence-corrected chi connectivity index (χ3v) is 9.95. The molecule has 0 radical (unpaired) electrons. The first-order valence-corrected chi connectivity index (χ1v) is 15.1. The van der Waals surface area contributed by atoms with Crippen LogP contribution in [0.1, 0.15) is 16.4 Å². The molecule has 8 nitrogen and oxygen atoms in total. The summed E-state index contributed by atoms with van der Waals surface area (Å²) in [4.78, 5) is 56.4. The summed E-state index contributed by atoms with van der Waals surface area (Å²) in [5.41, 5.74) is 1.69. The molecule has 0 bridgehead atoms. The number of hydrogen-bond acceptors (Lipinski definition) is 7. The van der Waals surface area contributed by atoms with Crippen LogP contribution in [-0.4, -0.2) is 34.6 Å². The summed E-state index contributed by atoms with van der Waals surface area (Å²) >= 11 is 2.19. The molecule has 214 valence electrons. The Hall–Kier alpha value is -4.74. The van der Waals surface area contributed by atoms with Crippen molar-refractivity contribution in [1.82, 2.24) is 4.98 Å². The molecule has 0 saturated carbocycles. The third-order valence-electron chi connectivity index (χ3n) is 7.55. The van der Waals surface area contributed by atoms with Gasteiger partial charge in [0.15, 0.2) is 6.61 Å². The molecule has 5 aromatic rings. The van der Waals surface area contributed by atoms with Gasteiger partial charge < -0.3 is 15.0 Å². The van der Waals surface area contributed by atoms with Crippen molar-refractivity contribution in [3.05, 3.63) is 117 Å². The Balaban J connectivity index is 1.10. The number of fused-ring (bicyclic) bond motifs is 3. The van der Waals surface area contributed by atoms with E-state index in [2.05, 4.69) is 10.3 Å². The Morgan fingerprint density at radius 3 is 2.42 bits per heavy atom. The van der Waals surface area contributed by atoms with Gasteiger partial charge in [-0.2, -0.15) is 0 Å². The number of thioether (sulfide) groups is 1. The minimum absolute atomic E-state index is 0.208. The number of anilines is 2. The smallest absolute Gasteiger partial charge is 0.305 e. The number of aromatic amines is 1. The second kappa shape index (κ2) is 10.8. The van der Waals surface area contributed by atoms with Crippen molar-refractivity contribution in [2.75, 3.05) is 16.8 Å². The number of halogens is 1. The first kappa shape index (κ1) is 27.1. The standard InChI is InChI=1S/C32H22FN3O5S2/c33-20-8-11-22(12-9-20)36-30(38)26-25(27-29(35-32(40)43-27)42-28(26)31(36)39)18-6-13-23(14-7-18)41-16-24(37)34-21-10-5-17-3-1-2-4-19(17)15-21/h1-15,25-26,28H,16H2,(H,34,37)(H,35,40). The van der Waals surface area contributed by atoms with Crippen LogP contribution in [-0.2, 0) is 14.4 Å². The molecule has 1 fully saturated rings. The molecule has 1 saturated heterocycles. The number of hydrogen-bond donors (Lipinski definition) is 2. The predicted molar refractivity (Wildman–Crippen MR) is 163 cm³/mol. The van der Waals surface area contributed by atoms with Crippen molar-refractivity contribution < 1.29 is 23.5 Å². The van der Waals surface area contributed by atoms with Gasteiger partial charge >= 0.3 is 4.87 Å². The molecule has 2 aliphatic rings. The van der Waals surface area contributed by atoms with Crippen LogP contribution < -0.4 is 19.8 Å². The van der Waals surface area contributed by atoms with Crippen LogP contribution in [0.3, 0.4) is 0 Å². The summed E-state index contributed by atoms with van der Waals surface area (Å²) in [6.45, 7) is -0.208. The second-order valence-corrected chi connectivity index (χ2v) is 12.4. The lowest BCUT2D eigenvalue weighted by atomic mass is 9.83. The van der Waals surface area contributed by atoms with Crippen LogP contribution in [0.4, 0.5) is 15.8 Å². The zero-order valence-electron chi connectivity index (χ0n) is 22.3. The fourth-order valence-electron chi connectivity index (χ4n) is 5.61. The molecule has 0 aliphatic carbocycles. The van der Waals surface area contributed by atoms with E-state index in [1.54, 1.807) is 24.3 Å². The Kier molecular flexibility index (Phi) is 6.83. The van der Waals surface area contributed by atoms with E-state index in [0.29, 0.717) is 27.0 Å². The molecule has 2 aliphatic heterocycles. The zero-order chi connectivity index (χ0) is 29.7. The minimum Gasteiger partial charge on any atom is -0.484 e. The zero-order valence-corrected chi connectivity index (χ0v) is 23.9. The first-order chi connectivity index (χ1) is 20.9. The maximum absolute atomic E-state index is 13.7. The number of thiazole rings is 1. The monoisotopic (exact) mass is 611 g/mol. The second-order valence-electron chi connectivity index (χ2n) is 10.2.